The van der Waals surface area contributed by atoms with Crippen molar-refractivity contribution in [3.63, 3.8) is 0 Å². The Morgan fingerprint density at radius 1 is 1.15 bits per heavy atom. The van der Waals surface area contributed by atoms with Crippen molar-refractivity contribution in [3.05, 3.63) is 65.7 Å². The van der Waals surface area contributed by atoms with Crippen LogP contribution in [0.1, 0.15) is 17.2 Å². The smallest absolute Gasteiger partial charge is 0.326 e. The first-order chi connectivity index (χ1) is 13.0. The minimum Gasteiger partial charge on any atom is -0.446 e. The fraction of sp³-hybridized carbons (Fsp3) is 0.250. The largest absolute Gasteiger partial charge is 0.446 e. The molecule has 0 aliphatic carbocycles. The quantitative estimate of drug-likeness (QED) is 0.773. The monoisotopic (exact) mass is 384 g/mol. The molecule has 0 unspecified atom stereocenters. The number of carbonyl (C=O) groups excluding carboxylic acids is 3. The van der Waals surface area contributed by atoms with Crippen molar-refractivity contribution in [2.45, 2.75) is 13.0 Å². The van der Waals surface area contributed by atoms with Crippen LogP contribution < -0.4 is 5.32 Å². The molecule has 140 valence electrons. The van der Waals surface area contributed by atoms with Crippen molar-refractivity contribution in [1.29, 1.82) is 0 Å². The fourth-order valence-corrected chi connectivity index (χ4v) is 3.46. The van der Waals surface area contributed by atoms with E-state index in [1.165, 1.54) is 16.7 Å². The highest BCUT2D eigenvalue weighted by Gasteiger charge is 2.29. The summed E-state index contributed by atoms with van der Waals surface area (Å²) in [6, 6.07) is 16.2. The lowest BCUT2D eigenvalue weighted by atomic mass is 10.1. The SMILES string of the molecule is Cc1ccc(NC(=O)[C@H](OC(=O)CN2CCSC2=O)c2ccccc2)cc1. The van der Waals surface area contributed by atoms with Crippen LogP contribution in [0.15, 0.2) is 54.6 Å². The normalized spacial score (nSPS) is 14.7. The van der Waals surface area contributed by atoms with E-state index >= 15 is 0 Å². The lowest BCUT2D eigenvalue weighted by molar-refractivity contribution is -0.155. The van der Waals surface area contributed by atoms with E-state index in [2.05, 4.69) is 5.32 Å². The molecule has 7 heteroatoms. The number of nitrogens with one attached hydrogen (secondary N) is 1. The van der Waals surface area contributed by atoms with Crippen LogP contribution in [-0.4, -0.2) is 40.9 Å². The molecule has 1 saturated heterocycles. The molecule has 1 N–H and O–H groups in total. The van der Waals surface area contributed by atoms with Gasteiger partial charge >= 0.3 is 5.97 Å². The van der Waals surface area contributed by atoms with Gasteiger partial charge in [0.2, 0.25) is 6.10 Å². The summed E-state index contributed by atoms with van der Waals surface area (Å²) in [6.45, 7) is 2.30. The average molecular weight is 384 g/mol. The summed E-state index contributed by atoms with van der Waals surface area (Å²) in [7, 11) is 0. The number of ether oxygens (including phenoxy) is 1. The van der Waals surface area contributed by atoms with E-state index in [1.54, 1.807) is 36.4 Å². The Hall–Kier alpha value is -2.80. The predicted molar refractivity (Wildman–Crippen MR) is 105 cm³/mol. The lowest BCUT2D eigenvalue weighted by Gasteiger charge is -2.20. The molecular formula is C20H20N2O4S. The van der Waals surface area contributed by atoms with Crippen molar-refractivity contribution >= 4 is 34.6 Å². The second-order valence-electron chi connectivity index (χ2n) is 6.17. The summed E-state index contributed by atoms with van der Waals surface area (Å²) in [6.07, 6.45) is -1.09. The van der Waals surface area contributed by atoms with E-state index in [0.717, 1.165) is 5.56 Å². The molecule has 0 aromatic heterocycles. The van der Waals surface area contributed by atoms with Gasteiger partial charge in [-0.1, -0.05) is 59.8 Å². The second kappa shape index (κ2) is 8.73. The van der Waals surface area contributed by atoms with Gasteiger partial charge < -0.3 is 15.0 Å². The van der Waals surface area contributed by atoms with E-state index in [9.17, 15) is 14.4 Å². The molecule has 1 fully saturated rings. The zero-order valence-corrected chi connectivity index (χ0v) is 15.7. The number of nitrogens with zero attached hydrogens (tertiary/aromatic N) is 1. The molecule has 1 atom stereocenters. The van der Waals surface area contributed by atoms with Crippen LogP contribution in [0, 0.1) is 6.92 Å². The molecule has 27 heavy (non-hydrogen) atoms. The van der Waals surface area contributed by atoms with E-state index in [4.69, 9.17) is 4.74 Å². The van der Waals surface area contributed by atoms with Crippen molar-refractivity contribution in [2.75, 3.05) is 24.2 Å². The zero-order valence-electron chi connectivity index (χ0n) is 14.9. The third-order valence-electron chi connectivity index (χ3n) is 4.07. The molecule has 0 bridgehead atoms. The molecule has 1 aliphatic rings. The molecule has 2 amide bonds. The number of amides is 2. The number of thioether (sulfide) groups is 1. The topological polar surface area (TPSA) is 75.7 Å². The molecule has 2 aromatic rings. The Balaban J connectivity index is 1.72. The highest BCUT2D eigenvalue weighted by atomic mass is 32.2. The first kappa shape index (κ1) is 19.0. The standard InChI is InChI=1S/C20H20N2O4S/c1-14-7-9-16(10-8-14)21-19(24)18(15-5-3-2-4-6-15)26-17(23)13-22-11-12-27-20(22)25/h2-10,18H,11-13H2,1H3,(H,21,24)/t18-/m1/s1. The van der Waals surface area contributed by atoms with Gasteiger partial charge in [-0.05, 0) is 19.1 Å². The summed E-state index contributed by atoms with van der Waals surface area (Å²) in [5.74, 6) is -0.401. The van der Waals surface area contributed by atoms with Crippen LogP contribution in [0.5, 0.6) is 0 Å². The van der Waals surface area contributed by atoms with Gasteiger partial charge in [-0.2, -0.15) is 0 Å². The number of carbonyl (C=O) groups is 3. The minimum atomic E-state index is -1.09. The first-order valence-corrected chi connectivity index (χ1v) is 9.55. The molecule has 1 heterocycles. The molecule has 0 saturated carbocycles. The van der Waals surface area contributed by atoms with Crippen molar-refractivity contribution in [3.8, 4) is 0 Å². The molecular weight excluding hydrogens is 364 g/mol. The number of benzene rings is 2. The Bertz CT molecular complexity index is 824. The number of hydrogen-bond donors (Lipinski definition) is 1. The van der Waals surface area contributed by atoms with Crippen molar-refractivity contribution in [2.24, 2.45) is 0 Å². The summed E-state index contributed by atoms with van der Waals surface area (Å²) in [4.78, 5) is 38.2. The molecule has 0 spiro atoms. The number of anilines is 1. The Morgan fingerprint density at radius 3 is 2.48 bits per heavy atom. The number of rotatable bonds is 6. The third-order valence-corrected chi connectivity index (χ3v) is 4.97. The first-order valence-electron chi connectivity index (χ1n) is 8.56. The number of aryl methyl sites for hydroxylation is 1. The van der Waals surface area contributed by atoms with E-state index in [1.807, 2.05) is 25.1 Å². The van der Waals surface area contributed by atoms with Gasteiger partial charge in [0.15, 0.2) is 0 Å². The maximum absolute atomic E-state index is 12.8. The third kappa shape index (κ3) is 5.10. The van der Waals surface area contributed by atoms with Gasteiger partial charge in [-0.15, -0.1) is 0 Å². The van der Waals surface area contributed by atoms with Gasteiger partial charge in [-0.3, -0.25) is 14.4 Å². The van der Waals surface area contributed by atoms with E-state index < -0.39 is 18.0 Å². The summed E-state index contributed by atoms with van der Waals surface area (Å²) in [5.41, 5.74) is 2.26. The number of esters is 1. The molecule has 6 nitrogen and oxygen atoms in total. The molecule has 2 aromatic carbocycles. The average Bonchev–Trinajstić information content (AvgIpc) is 3.07. The van der Waals surface area contributed by atoms with Crippen LogP contribution in [-0.2, 0) is 14.3 Å². The Morgan fingerprint density at radius 2 is 1.85 bits per heavy atom. The molecule has 3 rings (SSSR count). The Labute approximate surface area is 161 Å². The van der Waals surface area contributed by atoms with Crippen LogP contribution in [0.3, 0.4) is 0 Å². The van der Waals surface area contributed by atoms with Crippen LogP contribution >= 0.6 is 11.8 Å². The lowest BCUT2D eigenvalue weighted by Crippen LogP contribution is -2.34. The molecule has 1 aliphatic heterocycles. The maximum Gasteiger partial charge on any atom is 0.326 e. The van der Waals surface area contributed by atoms with Crippen LogP contribution in [0.4, 0.5) is 10.5 Å². The van der Waals surface area contributed by atoms with E-state index in [0.29, 0.717) is 23.5 Å². The van der Waals surface area contributed by atoms with Gasteiger partial charge in [0.05, 0.1) is 0 Å². The van der Waals surface area contributed by atoms with Gasteiger partial charge in [0.25, 0.3) is 11.1 Å². The summed E-state index contributed by atoms with van der Waals surface area (Å²) >= 11 is 1.17. The van der Waals surface area contributed by atoms with Crippen molar-refractivity contribution < 1.29 is 19.1 Å². The van der Waals surface area contributed by atoms with E-state index in [-0.39, 0.29) is 11.8 Å². The zero-order chi connectivity index (χ0) is 19.2. The second-order valence-corrected chi connectivity index (χ2v) is 7.22. The highest BCUT2D eigenvalue weighted by Crippen LogP contribution is 2.22. The fourth-order valence-electron chi connectivity index (χ4n) is 2.64. The van der Waals surface area contributed by atoms with Gasteiger partial charge in [0.1, 0.15) is 6.54 Å². The summed E-state index contributed by atoms with van der Waals surface area (Å²) in [5, 5.41) is 2.63. The van der Waals surface area contributed by atoms with Crippen LogP contribution in [0.2, 0.25) is 0 Å². The predicted octanol–water partition coefficient (Wildman–Crippen LogP) is 3.39. The Kier molecular flexibility index (Phi) is 6.13. The highest BCUT2D eigenvalue weighted by molar-refractivity contribution is 8.13. The van der Waals surface area contributed by atoms with Gasteiger partial charge in [0, 0.05) is 23.5 Å². The van der Waals surface area contributed by atoms with Crippen molar-refractivity contribution in [1.82, 2.24) is 4.90 Å². The minimum absolute atomic E-state index is 0.146. The number of hydrogen-bond acceptors (Lipinski definition) is 5. The van der Waals surface area contributed by atoms with Crippen LogP contribution in [0.25, 0.3) is 0 Å². The van der Waals surface area contributed by atoms with Gasteiger partial charge in [-0.25, -0.2) is 0 Å². The molecule has 0 radical (unpaired) electrons. The summed E-state index contributed by atoms with van der Waals surface area (Å²) < 4.78 is 5.45. The maximum atomic E-state index is 12.8.